The Morgan fingerprint density at radius 3 is 1.91 bits per heavy atom. The van der Waals surface area contributed by atoms with Crippen molar-refractivity contribution in [3.8, 4) is 0 Å². The third-order valence-corrected chi connectivity index (χ3v) is 5.18. The molecule has 132 valence electrons. The Morgan fingerprint density at radius 1 is 1.05 bits per heavy atom. The first kappa shape index (κ1) is 21.4. The molecule has 0 aliphatic rings. The highest BCUT2D eigenvalue weighted by atomic mass is 16.5. The van der Waals surface area contributed by atoms with Crippen LogP contribution in [0.1, 0.15) is 61.3 Å². The molecule has 0 rings (SSSR count). The van der Waals surface area contributed by atoms with E-state index in [0.29, 0.717) is 18.4 Å². The largest absolute Gasteiger partial charge is 0.465 e. The molecule has 0 saturated carbocycles. The summed E-state index contributed by atoms with van der Waals surface area (Å²) in [7, 11) is 6.47. The maximum atomic E-state index is 12.8. The topological polar surface area (TPSA) is 26.3 Å². The maximum Gasteiger partial charge on any atom is 0.312 e. The summed E-state index contributed by atoms with van der Waals surface area (Å²) >= 11 is 0. The SMILES string of the molecule is CC(C)C(C)CC(C)(C(=O)OCCC[N+](C)(C)C)C(C)(C)C. The van der Waals surface area contributed by atoms with Crippen LogP contribution in [0.15, 0.2) is 0 Å². The molecule has 0 amide bonds. The van der Waals surface area contributed by atoms with Crippen molar-refractivity contribution in [1.82, 2.24) is 0 Å². The van der Waals surface area contributed by atoms with Crippen LogP contribution in [0.4, 0.5) is 0 Å². The molecule has 0 bridgehead atoms. The molecule has 0 heterocycles. The van der Waals surface area contributed by atoms with E-state index in [2.05, 4.69) is 69.6 Å². The van der Waals surface area contributed by atoms with Crippen molar-refractivity contribution in [3.63, 3.8) is 0 Å². The van der Waals surface area contributed by atoms with E-state index in [4.69, 9.17) is 4.74 Å². The Balaban J connectivity index is 4.80. The molecule has 2 atom stereocenters. The molecule has 3 nitrogen and oxygen atoms in total. The smallest absolute Gasteiger partial charge is 0.312 e. The number of ether oxygens (including phenoxy) is 1. The minimum absolute atomic E-state index is 0.0334. The van der Waals surface area contributed by atoms with E-state index in [9.17, 15) is 4.79 Å². The highest BCUT2D eigenvalue weighted by Crippen LogP contribution is 2.45. The van der Waals surface area contributed by atoms with E-state index >= 15 is 0 Å². The van der Waals surface area contributed by atoms with Gasteiger partial charge >= 0.3 is 5.97 Å². The van der Waals surface area contributed by atoms with Crippen LogP contribution in [0, 0.1) is 22.7 Å². The maximum absolute atomic E-state index is 12.8. The van der Waals surface area contributed by atoms with Gasteiger partial charge in [-0.05, 0) is 30.6 Å². The Morgan fingerprint density at radius 2 is 1.55 bits per heavy atom. The molecule has 0 spiro atoms. The van der Waals surface area contributed by atoms with Crippen LogP contribution in [0.25, 0.3) is 0 Å². The first-order valence-corrected chi connectivity index (χ1v) is 8.68. The average molecular weight is 315 g/mol. The molecule has 0 saturated heterocycles. The fourth-order valence-corrected chi connectivity index (χ4v) is 2.44. The second-order valence-corrected chi connectivity index (χ2v) is 9.51. The Hall–Kier alpha value is -0.570. The van der Waals surface area contributed by atoms with E-state index < -0.39 is 5.41 Å². The lowest BCUT2D eigenvalue weighted by atomic mass is 9.63. The van der Waals surface area contributed by atoms with Gasteiger partial charge in [0.25, 0.3) is 0 Å². The number of carbonyl (C=O) groups is 1. The second kappa shape index (κ2) is 7.81. The van der Waals surface area contributed by atoms with E-state index in [1.54, 1.807) is 0 Å². The average Bonchev–Trinajstić information content (AvgIpc) is 2.31. The number of nitrogens with zero attached hydrogens (tertiary/aromatic N) is 1. The van der Waals surface area contributed by atoms with Crippen molar-refractivity contribution in [2.45, 2.75) is 61.3 Å². The van der Waals surface area contributed by atoms with Crippen LogP contribution in [0.5, 0.6) is 0 Å². The third-order valence-electron chi connectivity index (χ3n) is 5.18. The van der Waals surface area contributed by atoms with E-state index in [-0.39, 0.29) is 11.4 Å². The summed E-state index contributed by atoms with van der Waals surface area (Å²) in [4.78, 5) is 12.8. The van der Waals surface area contributed by atoms with Crippen LogP contribution in [-0.2, 0) is 9.53 Å². The van der Waals surface area contributed by atoms with Crippen molar-refractivity contribution in [3.05, 3.63) is 0 Å². The lowest BCUT2D eigenvalue weighted by molar-refractivity contribution is -0.870. The summed E-state index contributed by atoms with van der Waals surface area (Å²) in [5.74, 6) is 1.05. The van der Waals surface area contributed by atoms with Crippen LogP contribution < -0.4 is 0 Å². The monoisotopic (exact) mass is 314 g/mol. The van der Waals surface area contributed by atoms with E-state index in [1.807, 2.05) is 0 Å². The van der Waals surface area contributed by atoms with Gasteiger partial charge in [-0.15, -0.1) is 0 Å². The van der Waals surface area contributed by atoms with Gasteiger partial charge in [0.15, 0.2) is 0 Å². The van der Waals surface area contributed by atoms with E-state index in [1.165, 1.54) is 0 Å². The number of hydrogen-bond donors (Lipinski definition) is 0. The zero-order valence-corrected chi connectivity index (χ0v) is 16.7. The molecule has 0 aliphatic heterocycles. The lowest BCUT2D eigenvalue weighted by Gasteiger charge is -2.42. The van der Waals surface area contributed by atoms with Gasteiger partial charge in [-0.25, -0.2) is 0 Å². The van der Waals surface area contributed by atoms with Gasteiger partial charge in [-0.3, -0.25) is 4.79 Å². The van der Waals surface area contributed by atoms with E-state index in [0.717, 1.165) is 23.9 Å². The fraction of sp³-hybridized carbons (Fsp3) is 0.947. The van der Waals surface area contributed by atoms with Crippen molar-refractivity contribution >= 4 is 5.97 Å². The van der Waals surface area contributed by atoms with Crippen molar-refractivity contribution in [1.29, 1.82) is 0 Å². The molecule has 0 fully saturated rings. The number of rotatable bonds is 8. The normalized spacial score (nSPS) is 17.2. The van der Waals surface area contributed by atoms with Crippen molar-refractivity contribution in [2.75, 3.05) is 34.3 Å². The number of carbonyl (C=O) groups excluding carboxylic acids is 1. The molecule has 0 aromatic carbocycles. The molecule has 22 heavy (non-hydrogen) atoms. The highest BCUT2D eigenvalue weighted by Gasteiger charge is 2.46. The van der Waals surface area contributed by atoms with Gasteiger partial charge in [-0.1, -0.05) is 41.5 Å². The van der Waals surface area contributed by atoms with Gasteiger partial charge < -0.3 is 9.22 Å². The van der Waals surface area contributed by atoms with Crippen LogP contribution >= 0.6 is 0 Å². The molecular formula is C19H40NO2+. The summed E-state index contributed by atoms with van der Waals surface area (Å²) in [5, 5.41) is 0. The second-order valence-electron chi connectivity index (χ2n) is 9.51. The van der Waals surface area contributed by atoms with Crippen molar-refractivity contribution < 1.29 is 14.0 Å². The molecule has 0 N–H and O–H groups in total. The molecule has 3 heteroatoms. The Kier molecular flexibility index (Phi) is 7.61. The van der Waals surface area contributed by atoms with Gasteiger partial charge in [0.1, 0.15) is 0 Å². The quantitative estimate of drug-likeness (QED) is 0.378. The molecule has 0 aliphatic carbocycles. The van der Waals surface area contributed by atoms with Crippen molar-refractivity contribution in [2.24, 2.45) is 22.7 Å². The third kappa shape index (κ3) is 6.68. The van der Waals surface area contributed by atoms with Gasteiger partial charge in [-0.2, -0.15) is 0 Å². The van der Waals surface area contributed by atoms with Crippen LogP contribution in [0.3, 0.4) is 0 Å². The predicted molar refractivity (Wildman–Crippen MR) is 94.7 cm³/mol. The fourth-order valence-electron chi connectivity index (χ4n) is 2.44. The first-order valence-electron chi connectivity index (χ1n) is 8.68. The van der Waals surface area contributed by atoms with Gasteiger partial charge in [0, 0.05) is 6.42 Å². The zero-order valence-electron chi connectivity index (χ0n) is 16.7. The molecular weight excluding hydrogens is 274 g/mol. The summed E-state index contributed by atoms with van der Waals surface area (Å²) < 4.78 is 6.56. The summed E-state index contributed by atoms with van der Waals surface area (Å²) in [6, 6.07) is 0. The zero-order chi connectivity index (χ0) is 17.8. The number of quaternary nitrogens is 1. The Bertz CT molecular complexity index is 349. The lowest BCUT2D eigenvalue weighted by Crippen LogP contribution is -2.44. The van der Waals surface area contributed by atoms with Gasteiger partial charge in [0.2, 0.25) is 0 Å². The highest BCUT2D eigenvalue weighted by molar-refractivity contribution is 5.77. The summed E-state index contributed by atoms with van der Waals surface area (Å²) in [6.45, 7) is 16.7. The summed E-state index contributed by atoms with van der Waals surface area (Å²) in [6.07, 6.45) is 1.79. The predicted octanol–water partition coefficient (Wildman–Crippen LogP) is 4.36. The minimum atomic E-state index is -0.437. The number of hydrogen-bond acceptors (Lipinski definition) is 2. The van der Waals surface area contributed by atoms with Crippen LogP contribution in [0.2, 0.25) is 0 Å². The summed E-state index contributed by atoms with van der Waals surface area (Å²) in [5.41, 5.74) is -0.541. The molecule has 0 radical (unpaired) electrons. The first-order chi connectivity index (χ1) is 9.71. The number of esters is 1. The molecule has 0 aromatic heterocycles. The Labute approximate surface area is 139 Å². The van der Waals surface area contributed by atoms with Gasteiger partial charge in [0.05, 0.1) is 39.7 Å². The molecule has 2 unspecified atom stereocenters. The van der Waals surface area contributed by atoms with Crippen LogP contribution in [-0.4, -0.2) is 44.7 Å². The standard InChI is InChI=1S/C19H40NO2/c1-15(2)16(3)14-19(7,18(4,5)6)17(21)22-13-11-12-20(8,9)10/h15-16H,11-14H2,1-10H3/q+1. The minimum Gasteiger partial charge on any atom is -0.465 e. The molecule has 0 aromatic rings.